The van der Waals surface area contributed by atoms with E-state index in [1.807, 2.05) is 0 Å². The SMILES string of the molecule is O=[N+]([O-])c1ccc2c(N=Nc3c([N+](=O)[O-])ccc(N=Nc4c(O)cc(S(=O)(=O)[O-])c5cc([N+](=O)[O-])ccc45)c3[O-])c([O-])cc(S(=O)(=O)[O-])c2c1.[Fe+2].[Na+].[Na+]. The van der Waals surface area contributed by atoms with Gasteiger partial charge in [0.25, 0.3) is 17.1 Å². The van der Waals surface area contributed by atoms with Crippen LogP contribution in [-0.4, -0.2) is 45.8 Å². The minimum Gasteiger partial charge on any atom is -0.871 e. The van der Waals surface area contributed by atoms with Crippen LogP contribution in [0, 0.1) is 30.3 Å². The fourth-order valence-electron chi connectivity index (χ4n) is 4.62. The second-order valence-electron chi connectivity index (χ2n) is 9.78. The van der Waals surface area contributed by atoms with Gasteiger partial charge in [-0.2, -0.15) is 10.2 Å². The number of nitrogens with zero attached hydrogens (tertiary/aromatic N) is 7. The van der Waals surface area contributed by atoms with Crippen LogP contribution in [0.3, 0.4) is 0 Å². The number of benzene rings is 5. The third-order valence-electron chi connectivity index (χ3n) is 6.81. The van der Waals surface area contributed by atoms with Crippen LogP contribution in [-0.2, 0) is 37.3 Å². The van der Waals surface area contributed by atoms with Gasteiger partial charge in [0.2, 0.25) is 0 Å². The van der Waals surface area contributed by atoms with E-state index in [-0.39, 0.29) is 81.6 Å². The van der Waals surface area contributed by atoms with Gasteiger partial charge in [-0.3, -0.25) is 30.3 Å². The van der Waals surface area contributed by atoms with Crippen LogP contribution < -0.4 is 69.3 Å². The molecule has 0 heterocycles. The first-order valence-corrected chi connectivity index (χ1v) is 15.7. The van der Waals surface area contributed by atoms with Gasteiger partial charge in [0.05, 0.1) is 35.9 Å². The molecule has 0 aromatic heterocycles. The molecule has 0 amide bonds. The Morgan fingerprint density at radius 3 is 1.49 bits per heavy atom. The zero-order valence-corrected chi connectivity index (χ0v) is 33.0. The molecule has 0 radical (unpaired) electrons. The van der Waals surface area contributed by atoms with E-state index in [9.17, 15) is 71.6 Å². The number of non-ortho nitro benzene ring substituents is 2. The Kier molecular flexibility index (Phi) is 14.3. The zero-order chi connectivity index (χ0) is 36.9. The topological polar surface area (TPSA) is 360 Å². The minimum absolute atomic E-state index is 0. The Morgan fingerprint density at radius 1 is 0.566 bits per heavy atom. The summed E-state index contributed by atoms with van der Waals surface area (Å²) in [5.74, 6) is -3.62. The van der Waals surface area contributed by atoms with Crippen molar-refractivity contribution in [3.63, 3.8) is 0 Å². The molecule has 0 fully saturated rings. The second-order valence-corrected chi connectivity index (χ2v) is 12.5. The summed E-state index contributed by atoms with van der Waals surface area (Å²) in [6.45, 7) is 0. The normalized spacial score (nSPS) is 11.6. The second kappa shape index (κ2) is 16.8. The van der Waals surface area contributed by atoms with Crippen LogP contribution in [0.1, 0.15) is 0 Å². The largest absolute Gasteiger partial charge is 2.00 e. The number of phenolic OH excluding ortho intramolecular Hbond substituents is 1. The van der Waals surface area contributed by atoms with Crippen LogP contribution >= 0.6 is 0 Å². The summed E-state index contributed by atoms with van der Waals surface area (Å²) in [6.07, 6.45) is 0. The van der Waals surface area contributed by atoms with Crippen LogP contribution in [0.5, 0.6) is 17.2 Å². The van der Waals surface area contributed by atoms with Gasteiger partial charge in [-0.25, -0.2) is 16.8 Å². The smallest absolute Gasteiger partial charge is 0.871 e. The summed E-state index contributed by atoms with van der Waals surface area (Å²) in [5.41, 5.74) is -5.47. The number of nitro benzene ring substituents is 3. The fraction of sp³-hybridized carbons (Fsp3) is 0. The summed E-state index contributed by atoms with van der Waals surface area (Å²) in [4.78, 5) is 29.1. The molecule has 5 aromatic carbocycles. The Morgan fingerprint density at radius 2 is 1.02 bits per heavy atom. The summed E-state index contributed by atoms with van der Waals surface area (Å²) in [5, 5.41) is 83.2. The van der Waals surface area contributed by atoms with E-state index >= 15 is 0 Å². The Bertz CT molecular complexity index is 2650. The first-order valence-electron chi connectivity index (χ1n) is 12.9. The number of azo groups is 2. The predicted molar refractivity (Wildman–Crippen MR) is 159 cm³/mol. The van der Waals surface area contributed by atoms with E-state index in [4.69, 9.17) is 0 Å². The van der Waals surface area contributed by atoms with Crippen molar-refractivity contribution in [1.82, 2.24) is 0 Å². The fourth-order valence-corrected chi connectivity index (χ4v) is 6.00. The van der Waals surface area contributed by atoms with E-state index < -0.39 is 118 Å². The van der Waals surface area contributed by atoms with Crippen molar-refractivity contribution in [1.29, 1.82) is 0 Å². The van der Waals surface area contributed by atoms with Crippen molar-refractivity contribution in [2.45, 2.75) is 9.79 Å². The van der Waals surface area contributed by atoms with Crippen molar-refractivity contribution in [2.75, 3.05) is 0 Å². The van der Waals surface area contributed by atoms with Gasteiger partial charge in [0.1, 0.15) is 31.7 Å². The van der Waals surface area contributed by atoms with Crippen molar-refractivity contribution in [3.05, 3.63) is 91.0 Å². The van der Waals surface area contributed by atoms with Crippen LogP contribution in [0.4, 0.5) is 39.8 Å². The summed E-state index contributed by atoms with van der Waals surface area (Å²) in [7, 11) is -10.7. The maximum Gasteiger partial charge on any atom is 2.00 e. The molecule has 5 rings (SSSR count). The maximum atomic E-state index is 13.3. The van der Waals surface area contributed by atoms with Crippen LogP contribution in [0.25, 0.3) is 21.5 Å². The third kappa shape index (κ3) is 9.11. The molecule has 0 bridgehead atoms. The molecule has 0 aliphatic carbocycles. The number of aromatic hydroxyl groups is 1. The van der Waals surface area contributed by atoms with Crippen molar-refractivity contribution >= 4 is 81.6 Å². The molecule has 0 atom stereocenters. The van der Waals surface area contributed by atoms with Gasteiger partial charge in [-0.05, 0) is 30.0 Å². The number of fused-ring (bicyclic) bond motifs is 2. The van der Waals surface area contributed by atoms with E-state index in [0.717, 1.165) is 30.3 Å². The monoisotopic (exact) mass is 827 g/mol. The molecule has 22 nitrogen and oxygen atoms in total. The molecule has 0 spiro atoms. The zero-order valence-electron chi connectivity index (χ0n) is 26.2. The molecular formula is C26H11FeN7Na2O15S2. The van der Waals surface area contributed by atoms with E-state index in [1.165, 1.54) is 0 Å². The summed E-state index contributed by atoms with van der Waals surface area (Å²) >= 11 is 0. The number of nitro groups is 3. The third-order valence-corrected chi connectivity index (χ3v) is 8.56. The molecule has 0 aliphatic heterocycles. The van der Waals surface area contributed by atoms with E-state index in [0.29, 0.717) is 30.3 Å². The minimum atomic E-state index is -5.37. The average molecular weight is 827 g/mol. The Hall–Kier alpha value is -4.24. The van der Waals surface area contributed by atoms with Gasteiger partial charge in [0, 0.05) is 57.9 Å². The van der Waals surface area contributed by atoms with E-state index in [1.54, 1.807) is 0 Å². The molecule has 0 saturated heterocycles. The summed E-state index contributed by atoms with van der Waals surface area (Å²) in [6, 6.07) is 7.14. The van der Waals surface area contributed by atoms with E-state index in [2.05, 4.69) is 20.5 Å². The molecule has 0 saturated carbocycles. The molecule has 0 aliphatic rings. The van der Waals surface area contributed by atoms with Gasteiger partial charge in [-0.1, -0.05) is 5.75 Å². The van der Waals surface area contributed by atoms with Gasteiger partial charge >= 0.3 is 76.2 Å². The first kappa shape index (κ1) is 44.9. The van der Waals surface area contributed by atoms with Crippen LogP contribution in [0.15, 0.2) is 90.9 Å². The number of hydrogen-bond acceptors (Lipinski definition) is 19. The average Bonchev–Trinajstić information content (AvgIpc) is 3.02. The molecular weight excluding hydrogens is 816 g/mol. The first-order chi connectivity index (χ1) is 23.3. The molecule has 0 unspecified atom stereocenters. The van der Waals surface area contributed by atoms with Crippen molar-refractivity contribution < 1.29 is 132 Å². The molecule has 27 heteroatoms. The Balaban J connectivity index is 0.00000324. The maximum absolute atomic E-state index is 13.3. The molecule has 262 valence electrons. The quantitative estimate of drug-likeness (QED) is 0.0564. The number of hydrogen-bond donors (Lipinski definition) is 1. The molecule has 53 heavy (non-hydrogen) atoms. The van der Waals surface area contributed by atoms with Crippen LogP contribution in [0.2, 0.25) is 0 Å². The number of phenols is 1. The Labute approximate surface area is 349 Å². The van der Waals surface area contributed by atoms with Gasteiger partial charge in [-0.15, -0.1) is 10.2 Å². The number of rotatable bonds is 9. The van der Waals surface area contributed by atoms with Gasteiger partial charge < -0.3 is 24.4 Å². The standard InChI is InChI=1S/C26H15N7O15S2.Fe.2Na/c34-19-9-21(49(43,44)45)15-7-11(31(37)38)1-3-13(15)23(19)28-27-17-5-6-18(33(41)42)25(26(17)36)30-29-24-14-4-2-12(32(39)40)8-16(14)22(10-20(24)35)50(46,47)48;;;/h1-10,34-36H,(H,43,44,45)(H,46,47,48);;;/q;+2;2*+1/p-4. The molecule has 5 aromatic rings. The van der Waals surface area contributed by atoms with Crippen molar-refractivity contribution in [3.8, 4) is 17.2 Å². The van der Waals surface area contributed by atoms with Crippen molar-refractivity contribution in [2.24, 2.45) is 20.5 Å². The summed E-state index contributed by atoms with van der Waals surface area (Å²) < 4.78 is 70.8. The predicted octanol–water partition coefficient (Wildman–Crippen LogP) is -1.79. The molecule has 1 N–H and O–H groups in total. The van der Waals surface area contributed by atoms with Gasteiger partial charge in [0.15, 0.2) is 5.69 Å².